The number of carbonyl (C=O) groups is 5. The maximum absolute atomic E-state index is 12.5. The van der Waals surface area contributed by atoms with Crippen molar-refractivity contribution < 1.29 is 78.3 Å². The largest absolute Gasteiger partial charge is 0.464 e. The molecule has 19 nitrogen and oxygen atoms in total. The normalized spacial score (nSPS) is 23.9. The summed E-state index contributed by atoms with van der Waals surface area (Å²) >= 11 is 0. The molecular formula is C75H90BN3O16. The third kappa shape index (κ3) is 17.3. The second-order valence-electron chi connectivity index (χ2n) is 25.2. The third-order valence-electron chi connectivity index (χ3n) is 19.3. The second-order valence-corrected chi connectivity index (χ2v) is 25.2. The van der Waals surface area contributed by atoms with Crippen molar-refractivity contribution in [1.82, 2.24) is 14.7 Å². The predicted octanol–water partition coefficient (Wildman–Crippen LogP) is 10.5. The van der Waals surface area contributed by atoms with E-state index in [1.807, 2.05) is 91.9 Å². The molecule has 14 rings (SSSR count). The molecule has 95 heavy (non-hydrogen) atoms. The summed E-state index contributed by atoms with van der Waals surface area (Å²) < 4.78 is 26.3. The number of β-amino-alcohol motifs (C(OH)–C–C–N with tert-alkyl or cyclic N) is 3. The molecule has 3 saturated heterocycles. The minimum absolute atomic E-state index is 0.0106. The number of rotatable bonds is 13. The summed E-state index contributed by atoms with van der Waals surface area (Å²) in [6, 6.07) is 48.9. The van der Waals surface area contributed by atoms with Gasteiger partial charge in [-0.3, -0.25) is 14.5 Å². The monoisotopic (exact) mass is 1300 g/mol. The van der Waals surface area contributed by atoms with Crippen molar-refractivity contribution in [1.29, 1.82) is 0 Å². The van der Waals surface area contributed by atoms with Gasteiger partial charge in [0.2, 0.25) is 0 Å². The van der Waals surface area contributed by atoms with Crippen LogP contribution >= 0.6 is 0 Å². The van der Waals surface area contributed by atoms with E-state index in [2.05, 4.69) is 80.2 Å². The van der Waals surface area contributed by atoms with Crippen molar-refractivity contribution in [3.8, 4) is 33.4 Å². The summed E-state index contributed by atoms with van der Waals surface area (Å²) in [5, 5.41) is 56.7. The van der Waals surface area contributed by atoms with E-state index in [0.717, 1.165) is 71.4 Å². The van der Waals surface area contributed by atoms with Crippen molar-refractivity contribution >= 4 is 39.1 Å². The van der Waals surface area contributed by atoms with Crippen LogP contribution in [-0.4, -0.2) is 185 Å². The molecule has 5 aliphatic carbocycles. The van der Waals surface area contributed by atoms with E-state index < -0.39 is 36.7 Å². The molecule has 0 aromatic heterocycles. The molecule has 10 atom stereocenters. The lowest BCUT2D eigenvalue weighted by molar-refractivity contribution is -0.139. The third-order valence-corrected chi connectivity index (χ3v) is 19.3. The van der Waals surface area contributed by atoms with E-state index in [1.165, 1.54) is 62.8 Å². The number of ether oxygens (including phenoxy) is 5. The molecule has 20 heteroatoms. The van der Waals surface area contributed by atoms with Crippen LogP contribution in [0.5, 0.6) is 0 Å². The first-order valence-electron chi connectivity index (χ1n) is 33.3. The number of benzene rings is 6. The molecule has 6 aromatic rings. The topological polar surface area (TPSA) is 263 Å². The van der Waals surface area contributed by atoms with E-state index in [1.54, 1.807) is 4.90 Å². The Morgan fingerprint density at radius 2 is 0.758 bits per heavy atom. The van der Waals surface area contributed by atoms with Crippen LogP contribution in [0.25, 0.3) is 33.4 Å². The number of aliphatic hydroxyl groups is 6. The Labute approximate surface area is 558 Å². The number of amides is 3. The summed E-state index contributed by atoms with van der Waals surface area (Å²) in [6.45, 7) is 7.73. The van der Waals surface area contributed by atoms with Crippen LogP contribution in [0.15, 0.2) is 146 Å². The van der Waals surface area contributed by atoms with E-state index in [9.17, 15) is 44.4 Å². The summed E-state index contributed by atoms with van der Waals surface area (Å²) in [7, 11) is 4.50. The van der Waals surface area contributed by atoms with Gasteiger partial charge in [-0.2, -0.15) is 0 Å². The van der Waals surface area contributed by atoms with Gasteiger partial charge in [-0.05, 0) is 124 Å². The molecule has 504 valence electrons. The highest BCUT2D eigenvalue weighted by molar-refractivity contribution is 6.05. The fraction of sp³-hybridized carbons (Fsp3) is 0.453. The van der Waals surface area contributed by atoms with Gasteiger partial charge in [-0.15, -0.1) is 0 Å². The van der Waals surface area contributed by atoms with Crippen LogP contribution in [0.3, 0.4) is 0 Å². The number of aliphatic hydroxyl groups excluding tert-OH is 6. The molecule has 0 unspecified atom stereocenters. The number of likely N-dealkylation sites (tertiary alicyclic amines) is 3. The Morgan fingerprint density at radius 1 is 0.421 bits per heavy atom. The summed E-state index contributed by atoms with van der Waals surface area (Å²) in [5.74, 6) is 0.870. The second kappa shape index (κ2) is 34.5. The van der Waals surface area contributed by atoms with E-state index in [4.69, 9.17) is 29.2 Å². The minimum atomic E-state index is -0.779. The molecule has 2 saturated carbocycles. The standard InChI is InChI=1S/C21H23NO3.C20H19NO5.C20H21NO4.C7H14O.C6H10O3.CH3B/c1-2-14-11-15(23)12-22(14)21(24)25-13-20-18-9-5-3-7-16(18)17-8-4-6-10-19(17)20;22-12-26-19-9-13(23)10-21(19)20(24)25-11-18-16-7-3-1-5-14(16)15-6-2-4-8-17(15)18;22-11-13-9-14(23)10-21(13)20(24)25-12-19-17-7-3-1-5-15(17)16-6-2-4-8-18(16)19;1-2-6-3-4-7(8)5-6;7-4-9-6-2-1-5(8)3-6;1-2/h3-10,14-15,20,23H,2,11-13H2,1H3;1-8,12-13,18-19,23H,9-11H2;1-8,13-14,19,22-23H,9-12H2;6-8H,2-5H2,1H3;4-6,8H,1-3H2;1H3/t14-,15-;13-,19-;13-,14+;6-,7-;5-,6-;/m11000./s1. The average Bonchev–Trinajstić information content (AvgIpc) is 1.63. The van der Waals surface area contributed by atoms with Crippen molar-refractivity contribution in [3.63, 3.8) is 0 Å². The molecule has 5 fully saturated rings. The van der Waals surface area contributed by atoms with Gasteiger partial charge in [0.15, 0.2) is 6.23 Å². The first-order valence-corrected chi connectivity index (χ1v) is 33.3. The molecule has 8 aliphatic rings. The molecule has 3 amide bonds. The van der Waals surface area contributed by atoms with Gasteiger partial charge in [0.1, 0.15) is 25.9 Å². The quantitative estimate of drug-likeness (QED) is 0.0357. The van der Waals surface area contributed by atoms with Crippen molar-refractivity contribution in [3.05, 3.63) is 179 Å². The fourth-order valence-corrected chi connectivity index (χ4v) is 14.5. The van der Waals surface area contributed by atoms with Crippen LogP contribution in [0.4, 0.5) is 14.4 Å². The Bertz CT molecular complexity index is 3230. The fourth-order valence-electron chi connectivity index (χ4n) is 14.5. The van der Waals surface area contributed by atoms with Gasteiger partial charge in [0.25, 0.3) is 12.9 Å². The summed E-state index contributed by atoms with van der Waals surface area (Å²) in [5.41, 5.74) is 14.1. The zero-order chi connectivity index (χ0) is 67.5. The lowest BCUT2D eigenvalue weighted by Crippen LogP contribution is -2.38. The maximum atomic E-state index is 12.5. The van der Waals surface area contributed by atoms with Crippen LogP contribution in [-0.2, 0) is 33.3 Å². The molecule has 0 bridgehead atoms. The lowest BCUT2D eigenvalue weighted by Gasteiger charge is -2.24. The SMILES string of the molecule is CC[C@@H]1C[C@@H](O)CN1C(=O)OCC1c2ccccc2-c2ccccc21.CC[C@H]1CC[C@H](O)C1.O=C(OCC1c2ccccc2-c2ccccc21)N1C[C@H](O)C[C@H]1CO.O=CO[C@@H]1C[C@@H](O)CN1C(=O)OCC1c2ccccc2-c2ccccc21.O=CO[C@H]1CC[C@H](O)C1.[B]C. The Balaban J connectivity index is 0.000000147. The summed E-state index contributed by atoms with van der Waals surface area (Å²) in [6.07, 6.45) is 4.65. The van der Waals surface area contributed by atoms with E-state index in [0.29, 0.717) is 38.9 Å². The van der Waals surface area contributed by atoms with Crippen molar-refractivity contribution in [2.75, 3.05) is 46.1 Å². The van der Waals surface area contributed by atoms with Crippen LogP contribution in [0, 0.1) is 5.92 Å². The van der Waals surface area contributed by atoms with Gasteiger partial charge in [-0.25, -0.2) is 14.4 Å². The van der Waals surface area contributed by atoms with Gasteiger partial charge in [0, 0.05) is 36.6 Å². The molecule has 0 spiro atoms. The summed E-state index contributed by atoms with van der Waals surface area (Å²) in [4.78, 5) is 62.1. The van der Waals surface area contributed by atoms with Gasteiger partial charge < -0.3 is 64.1 Å². The van der Waals surface area contributed by atoms with Crippen LogP contribution < -0.4 is 0 Å². The first-order chi connectivity index (χ1) is 46.2. The zero-order valence-electron chi connectivity index (χ0n) is 54.4. The number of hydrogen-bond donors (Lipinski definition) is 6. The molecule has 3 heterocycles. The number of fused-ring (bicyclic) bond motifs is 9. The Morgan fingerprint density at radius 3 is 1.08 bits per heavy atom. The Kier molecular flexibility index (Phi) is 25.9. The predicted molar refractivity (Wildman–Crippen MR) is 359 cm³/mol. The van der Waals surface area contributed by atoms with Gasteiger partial charge >= 0.3 is 18.3 Å². The Hall–Kier alpha value is -8.11. The first kappa shape index (κ1) is 71.2. The lowest BCUT2D eigenvalue weighted by atomic mass is 9.98. The van der Waals surface area contributed by atoms with Crippen LogP contribution in [0.1, 0.15) is 136 Å². The molecule has 3 aliphatic heterocycles. The van der Waals surface area contributed by atoms with Crippen molar-refractivity contribution in [2.24, 2.45) is 5.92 Å². The van der Waals surface area contributed by atoms with Crippen LogP contribution in [0.2, 0.25) is 6.82 Å². The van der Waals surface area contributed by atoms with E-state index in [-0.39, 0.29) is 100 Å². The minimum Gasteiger partial charge on any atom is -0.464 e. The highest BCUT2D eigenvalue weighted by atomic mass is 16.6. The van der Waals surface area contributed by atoms with Gasteiger partial charge in [0.05, 0.1) is 70.6 Å². The highest BCUT2D eigenvalue weighted by Gasteiger charge is 2.40. The van der Waals surface area contributed by atoms with E-state index >= 15 is 0 Å². The number of carbonyl (C=O) groups excluding carboxylic acids is 5. The zero-order valence-corrected chi connectivity index (χ0v) is 54.4. The van der Waals surface area contributed by atoms with Crippen molar-refractivity contribution in [2.45, 2.75) is 164 Å². The molecule has 6 N–H and O–H groups in total. The maximum Gasteiger partial charge on any atom is 0.412 e. The smallest absolute Gasteiger partial charge is 0.412 e. The average molecular weight is 1300 g/mol. The van der Waals surface area contributed by atoms with Gasteiger partial charge in [-0.1, -0.05) is 173 Å². The number of hydrogen-bond acceptors (Lipinski definition) is 16. The highest BCUT2D eigenvalue weighted by Crippen LogP contribution is 2.47. The number of nitrogens with zero attached hydrogens (tertiary/aromatic N) is 3. The molecule has 2 radical (unpaired) electrons. The molecule has 6 aromatic carbocycles. The molecular weight excluding hydrogens is 1210 g/mol.